The maximum absolute atomic E-state index is 11.9. The first-order valence-electron chi connectivity index (χ1n) is 4.58. The maximum Gasteiger partial charge on any atom is 0.205 e. The van der Waals surface area contributed by atoms with Crippen molar-refractivity contribution < 1.29 is 4.79 Å². The highest BCUT2D eigenvalue weighted by molar-refractivity contribution is 5.99. The number of nitrogens with zero attached hydrogens (tertiary/aromatic N) is 3. The van der Waals surface area contributed by atoms with E-state index in [1.165, 1.54) is 6.33 Å². The molecule has 0 spiro atoms. The molecule has 0 saturated heterocycles. The summed E-state index contributed by atoms with van der Waals surface area (Å²) in [6.45, 7) is 2.06. The van der Waals surface area contributed by atoms with Crippen molar-refractivity contribution in [3.63, 3.8) is 0 Å². The first-order chi connectivity index (χ1) is 6.19. The Morgan fingerprint density at radius 3 is 2.77 bits per heavy atom. The number of aromatic nitrogens is 3. The first-order valence-corrected chi connectivity index (χ1v) is 4.58. The topological polar surface area (TPSA) is 47.8 Å². The smallest absolute Gasteiger partial charge is 0.205 e. The summed E-state index contributed by atoms with van der Waals surface area (Å²) in [4.78, 5) is 15.9. The van der Waals surface area contributed by atoms with Crippen molar-refractivity contribution in [2.45, 2.75) is 26.2 Å². The molecular weight excluding hydrogens is 166 g/mol. The average Bonchev–Trinajstić information content (AvgIpc) is 2.83. The SMILES string of the molecule is CCC1(C(=O)c2ncnn2C)CC1. The van der Waals surface area contributed by atoms with E-state index in [4.69, 9.17) is 0 Å². The van der Waals surface area contributed by atoms with Gasteiger partial charge in [-0.3, -0.25) is 4.79 Å². The molecule has 1 aliphatic rings. The van der Waals surface area contributed by atoms with Crippen LogP contribution >= 0.6 is 0 Å². The van der Waals surface area contributed by atoms with Crippen LogP contribution in [-0.4, -0.2) is 20.5 Å². The minimum absolute atomic E-state index is 0.0964. The molecule has 0 aromatic carbocycles. The number of rotatable bonds is 3. The van der Waals surface area contributed by atoms with Gasteiger partial charge in [0, 0.05) is 12.5 Å². The van der Waals surface area contributed by atoms with E-state index in [0.29, 0.717) is 5.82 Å². The van der Waals surface area contributed by atoms with E-state index in [0.717, 1.165) is 19.3 Å². The fraction of sp³-hybridized carbons (Fsp3) is 0.667. The van der Waals surface area contributed by atoms with Crippen LogP contribution in [0.1, 0.15) is 36.8 Å². The summed E-state index contributed by atoms with van der Waals surface area (Å²) < 4.78 is 1.55. The molecule has 1 saturated carbocycles. The van der Waals surface area contributed by atoms with Crippen LogP contribution in [0, 0.1) is 5.41 Å². The minimum atomic E-state index is -0.0964. The Morgan fingerprint density at radius 2 is 2.38 bits per heavy atom. The standard InChI is InChI=1S/C9H13N3O/c1-3-9(4-5-9)7(13)8-10-6-11-12(8)2/h6H,3-5H2,1-2H3. The van der Waals surface area contributed by atoms with E-state index in [-0.39, 0.29) is 11.2 Å². The fourth-order valence-corrected chi connectivity index (χ4v) is 1.63. The van der Waals surface area contributed by atoms with Crippen molar-refractivity contribution in [1.29, 1.82) is 0 Å². The molecule has 0 bridgehead atoms. The molecule has 4 heteroatoms. The number of hydrogen-bond acceptors (Lipinski definition) is 3. The van der Waals surface area contributed by atoms with Gasteiger partial charge in [0.15, 0.2) is 5.82 Å². The molecule has 1 aromatic rings. The normalized spacial score (nSPS) is 18.6. The average molecular weight is 179 g/mol. The van der Waals surface area contributed by atoms with E-state index in [9.17, 15) is 4.79 Å². The molecule has 1 fully saturated rings. The summed E-state index contributed by atoms with van der Waals surface area (Å²) in [6, 6.07) is 0. The minimum Gasteiger partial charge on any atom is -0.290 e. The number of carbonyl (C=O) groups is 1. The molecule has 0 N–H and O–H groups in total. The molecule has 0 amide bonds. The van der Waals surface area contributed by atoms with E-state index < -0.39 is 0 Å². The monoisotopic (exact) mass is 179 g/mol. The van der Waals surface area contributed by atoms with Gasteiger partial charge >= 0.3 is 0 Å². The van der Waals surface area contributed by atoms with Crippen molar-refractivity contribution in [2.75, 3.05) is 0 Å². The zero-order valence-corrected chi connectivity index (χ0v) is 7.95. The Balaban J connectivity index is 2.28. The molecule has 0 atom stereocenters. The lowest BCUT2D eigenvalue weighted by Crippen LogP contribution is -2.19. The van der Waals surface area contributed by atoms with Crippen LogP contribution in [0.2, 0.25) is 0 Å². The van der Waals surface area contributed by atoms with E-state index in [1.54, 1.807) is 11.7 Å². The molecular formula is C9H13N3O. The predicted molar refractivity (Wildman–Crippen MR) is 47.3 cm³/mol. The second-order valence-electron chi connectivity index (χ2n) is 3.67. The van der Waals surface area contributed by atoms with Crippen LogP contribution in [0.5, 0.6) is 0 Å². The second kappa shape index (κ2) is 2.65. The summed E-state index contributed by atoms with van der Waals surface area (Å²) in [5, 5.41) is 3.90. The van der Waals surface area contributed by atoms with Crippen LogP contribution in [0.25, 0.3) is 0 Å². The number of carbonyl (C=O) groups excluding carboxylic acids is 1. The third kappa shape index (κ3) is 1.17. The van der Waals surface area contributed by atoms with Crippen molar-refractivity contribution in [3.05, 3.63) is 12.2 Å². The van der Waals surface area contributed by atoms with Gasteiger partial charge in [0.2, 0.25) is 5.78 Å². The van der Waals surface area contributed by atoms with Crippen molar-refractivity contribution >= 4 is 5.78 Å². The Hall–Kier alpha value is -1.19. The Bertz CT molecular complexity index is 338. The van der Waals surface area contributed by atoms with Crippen LogP contribution in [0.4, 0.5) is 0 Å². The quantitative estimate of drug-likeness (QED) is 0.655. The largest absolute Gasteiger partial charge is 0.290 e. The first kappa shape index (κ1) is 8.41. The van der Waals surface area contributed by atoms with E-state index >= 15 is 0 Å². The zero-order valence-electron chi connectivity index (χ0n) is 7.95. The van der Waals surface area contributed by atoms with Gasteiger partial charge in [-0.15, -0.1) is 0 Å². The molecule has 13 heavy (non-hydrogen) atoms. The van der Waals surface area contributed by atoms with Crippen LogP contribution < -0.4 is 0 Å². The summed E-state index contributed by atoms with van der Waals surface area (Å²) in [6.07, 6.45) is 4.36. The molecule has 2 rings (SSSR count). The highest BCUT2D eigenvalue weighted by atomic mass is 16.1. The third-order valence-corrected chi connectivity index (χ3v) is 2.93. The summed E-state index contributed by atoms with van der Waals surface area (Å²) in [5.74, 6) is 0.661. The molecule has 1 heterocycles. The predicted octanol–water partition coefficient (Wildman–Crippen LogP) is 1.19. The van der Waals surface area contributed by atoms with Crippen molar-refractivity contribution in [3.8, 4) is 0 Å². The lowest BCUT2D eigenvalue weighted by atomic mass is 9.97. The zero-order chi connectivity index (χ0) is 9.47. The molecule has 0 radical (unpaired) electrons. The molecule has 0 aliphatic heterocycles. The molecule has 70 valence electrons. The number of ketones is 1. The lowest BCUT2D eigenvalue weighted by molar-refractivity contribution is 0.0881. The van der Waals surface area contributed by atoms with Gasteiger partial charge in [-0.2, -0.15) is 5.10 Å². The Morgan fingerprint density at radius 1 is 1.69 bits per heavy atom. The maximum atomic E-state index is 11.9. The summed E-state index contributed by atoms with van der Waals surface area (Å²) >= 11 is 0. The fourth-order valence-electron chi connectivity index (χ4n) is 1.63. The third-order valence-electron chi connectivity index (χ3n) is 2.93. The van der Waals surface area contributed by atoms with Gasteiger partial charge in [-0.1, -0.05) is 6.92 Å². The molecule has 1 aliphatic carbocycles. The van der Waals surface area contributed by atoms with E-state index in [1.807, 2.05) is 0 Å². The Labute approximate surface area is 77.0 Å². The van der Waals surface area contributed by atoms with E-state index in [2.05, 4.69) is 17.0 Å². The highest BCUT2D eigenvalue weighted by Gasteiger charge is 2.49. The van der Waals surface area contributed by atoms with Gasteiger partial charge in [-0.25, -0.2) is 9.67 Å². The molecule has 4 nitrogen and oxygen atoms in total. The lowest BCUT2D eigenvalue weighted by Gasteiger charge is -2.08. The van der Waals surface area contributed by atoms with Crippen molar-refractivity contribution in [2.24, 2.45) is 12.5 Å². The second-order valence-corrected chi connectivity index (χ2v) is 3.67. The number of hydrogen-bond donors (Lipinski definition) is 0. The van der Waals surface area contributed by atoms with Crippen LogP contribution in [0.3, 0.4) is 0 Å². The molecule has 0 unspecified atom stereocenters. The number of Topliss-reactive ketones (excluding diaryl/α,β-unsaturated/α-hetero) is 1. The van der Waals surface area contributed by atoms with Crippen molar-refractivity contribution in [1.82, 2.24) is 14.8 Å². The van der Waals surface area contributed by atoms with Crippen LogP contribution in [-0.2, 0) is 7.05 Å². The Kier molecular flexibility index (Phi) is 1.71. The van der Waals surface area contributed by atoms with Crippen LogP contribution in [0.15, 0.2) is 6.33 Å². The van der Waals surface area contributed by atoms with Gasteiger partial charge in [0.25, 0.3) is 0 Å². The van der Waals surface area contributed by atoms with Gasteiger partial charge in [0.1, 0.15) is 6.33 Å². The highest BCUT2D eigenvalue weighted by Crippen LogP contribution is 2.50. The van der Waals surface area contributed by atoms with Gasteiger partial charge in [0.05, 0.1) is 0 Å². The van der Waals surface area contributed by atoms with Gasteiger partial charge < -0.3 is 0 Å². The number of aryl methyl sites for hydroxylation is 1. The molecule has 1 aromatic heterocycles. The summed E-state index contributed by atoms with van der Waals surface area (Å²) in [5.41, 5.74) is -0.0964. The van der Waals surface area contributed by atoms with Gasteiger partial charge in [-0.05, 0) is 19.3 Å². The summed E-state index contributed by atoms with van der Waals surface area (Å²) in [7, 11) is 1.76.